The minimum absolute atomic E-state index is 0.519. The van der Waals surface area contributed by atoms with Crippen LogP contribution in [0.2, 0.25) is 0 Å². The first-order chi connectivity index (χ1) is 12.3. The van der Waals surface area contributed by atoms with Crippen molar-refractivity contribution in [3.8, 4) is 0 Å². The maximum absolute atomic E-state index is 5.56. The van der Waals surface area contributed by atoms with Crippen LogP contribution in [0, 0.1) is 6.92 Å². The van der Waals surface area contributed by atoms with Crippen molar-refractivity contribution < 1.29 is 9.15 Å². The number of furan rings is 1. The zero-order valence-corrected chi connectivity index (χ0v) is 15.3. The van der Waals surface area contributed by atoms with Crippen molar-refractivity contribution in [1.29, 1.82) is 0 Å². The van der Waals surface area contributed by atoms with Crippen LogP contribution in [0.1, 0.15) is 30.2 Å². The average molecular weight is 343 g/mol. The van der Waals surface area contributed by atoms with E-state index in [1.807, 2.05) is 12.1 Å². The number of rotatable bonds is 10. The summed E-state index contributed by atoms with van der Waals surface area (Å²) in [5, 5.41) is 6.65. The first kappa shape index (κ1) is 19.1. The number of aliphatic imine (C=N–C) groups is 1. The van der Waals surface area contributed by atoms with Gasteiger partial charge in [0.15, 0.2) is 5.96 Å². The summed E-state index contributed by atoms with van der Waals surface area (Å²) in [6, 6.07) is 12.4. The Morgan fingerprint density at radius 3 is 2.72 bits per heavy atom. The Morgan fingerprint density at radius 1 is 1.16 bits per heavy atom. The van der Waals surface area contributed by atoms with Crippen molar-refractivity contribution in [1.82, 2.24) is 10.6 Å². The molecule has 0 spiro atoms. The van der Waals surface area contributed by atoms with Crippen LogP contribution in [-0.2, 0) is 17.8 Å². The van der Waals surface area contributed by atoms with Gasteiger partial charge in [-0.15, -0.1) is 0 Å². The van der Waals surface area contributed by atoms with Crippen molar-refractivity contribution >= 4 is 5.96 Å². The molecule has 0 fully saturated rings. The van der Waals surface area contributed by atoms with Crippen LogP contribution in [0.15, 0.2) is 52.1 Å². The Bertz CT molecular complexity index is 606. The lowest BCUT2D eigenvalue weighted by atomic mass is 10.1. The Balaban J connectivity index is 1.62. The molecule has 2 aromatic rings. The third-order valence-corrected chi connectivity index (χ3v) is 3.71. The van der Waals surface area contributed by atoms with E-state index in [1.165, 1.54) is 11.1 Å². The van der Waals surface area contributed by atoms with Crippen molar-refractivity contribution in [2.45, 2.75) is 33.3 Å². The summed E-state index contributed by atoms with van der Waals surface area (Å²) >= 11 is 0. The second-order valence-electron chi connectivity index (χ2n) is 5.91. The molecule has 1 aromatic carbocycles. The molecule has 5 heteroatoms. The normalized spacial score (nSPS) is 11.5. The minimum atomic E-state index is 0.519. The highest BCUT2D eigenvalue weighted by Gasteiger charge is 1.99. The van der Waals surface area contributed by atoms with Gasteiger partial charge >= 0.3 is 0 Å². The number of nitrogens with one attached hydrogen (secondary N) is 2. The topological polar surface area (TPSA) is 58.8 Å². The molecule has 2 rings (SSSR count). The van der Waals surface area contributed by atoms with E-state index in [0.29, 0.717) is 13.2 Å². The molecule has 136 valence electrons. The van der Waals surface area contributed by atoms with Crippen LogP contribution in [0.5, 0.6) is 0 Å². The van der Waals surface area contributed by atoms with Gasteiger partial charge in [0.05, 0.1) is 6.26 Å². The number of hydrogen-bond acceptors (Lipinski definition) is 3. The number of aryl methyl sites for hydroxylation is 1. The summed E-state index contributed by atoms with van der Waals surface area (Å²) in [7, 11) is 0. The van der Waals surface area contributed by atoms with Crippen LogP contribution in [0.4, 0.5) is 0 Å². The van der Waals surface area contributed by atoms with E-state index in [0.717, 1.165) is 44.2 Å². The van der Waals surface area contributed by atoms with Crippen molar-refractivity contribution in [3.63, 3.8) is 0 Å². The SMILES string of the molecule is CCNC(=NCCCOCc1ccco1)NCCc1ccc(C)cc1. The number of hydrogen-bond donors (Lipinski definition) is 2. The second kappa shape index (κ2) is 11.3. The van der Waals surface area contributed by atoms with Gasteiger partial charge < -0.3 is 19.8 Å². The lowest BCUT2D eigenvalue weighted by molar-refractivity contribution is 0.105. The summed E-state index contributed by atoms with van der Waals surface area (Å²) in [4.78, 5) is 4.58. The highest BCUT2D eigenvalue weighted by molar-refractivity contribution is 5.79. The predicted octanol–water partition coefficient (Wildman–Crippen LogP) is 3.29. The van der Waals surface area contributed by atoms with E-state index in [-0.39, 0.29) is 0 Å². The Hall–Kier alpha value is -2.27. The molecular weight excluding hydrogens is 314 g/mol. The van der Waals surface area contributed by atoms with E-state index >= 15 is 0 Å². The smallest absolute Gasteiger partial charge is 0.191 e. The van der Waals surface area contributed by atoms with Crippen molar-refractivity contribution in [2.24, 2.45) is 4.99 Å². The number of benzene rings is 1. The molecule has 5 nitrogen and oxygen atoms in total. The molecule has 0 amide bonds. The van der Waals surface area contributed by atoms with Crippen LogP contribution in [-0.4, -0.2) is 32.2 Å². The standard InChI is InChI=1S/C20H29N3O2/c1-3-21-20(23-13-11-18-9-7-17(2)8-10-18)22-12-5-14-24-16-19-6-4-15-25-19/h4,6-10,15H,3,5,11-14,16H2,1-2H3,(H2,21,22,23). The second-order valence-corrected chi connectivity index (χ2v) is 5.91. The third kappa shape index (κ3) is 7.90. The molecule has 1 aromatic heterocycles. The molecular formula is C20H29N3O2. The Kier molecular flexibility index (Phi) is 8.63. The predicted molar refractivity (Wildman–Crippen MR) is 102 cm³/mol. The Labute approximate surface area is 150 Å². The van der Waals surface area contributed by atoms with Crippen molar-refractivity contribution in [2.75, 3.05) is 26.2 Å². The summed E-state index contributed by atoms with van der Waals surface area (Å²) in [6.07, 6.45) is 3.53. The largest absolute Gasteiger partial charge is 0.467 e. The van der Waals surface area contributed by atoms with Crippen molar-refractivity contribution in [3.05, 3.63) is 59.5 Å². The summed E-state index contributed by atoms with van der Waals surface area (Å²) in [5.41, 5.74) is 2.63. The average Bonchev–Trinajstić information content (AvgIpc) is 3.13. The molecule has 0 aliphatic rings. The lowest BCUT2D eigenvalue weighted by Crippen LogP contribution is -2.38. The van der Waals surface area contributed by atoms with Gasteiger partial charge in [0.1, 0.15) is 12.4 Å². The van der Waals surface area contributed by atoms with Gasteiger partial charge in [0, 0.05) is 26.2 Å². The van der Waals surface area contributed by atoms with Crippen LogP contribution < -0.4 is 10.6 Å². The fourth-order valence-electron chi connectivity index (χ4n) is 2.35. The Morgan fingerprint density at radius 2 is 2.00 bits per heavy atom. The van der Waals surface area contributed by atoms with E-state index in [4.69, 9.17) is 9.15 Å². The van der Waals surface area contributed by atoms with E-state index in [1.54, 1.807) is 6.26 Å². The summed E-state index contributed by atoms with van der Waals surface area (Å²) < 4.78 is 10.8. The summed E-state index contributed by atoms with van der Waals surface area (Å²) in [5.74, 6) is 1.72. The molecule has 0 aliphatic heterocycles. The maximum Gasteiger partial charge on any atom is 0.191 e. The number of guanidine groups is 1. The minimum Gasteiger partial charge on any atom is -0.467 e. The third-order valence-electron chi connectivity index (χ3n) is 3.71. The highest BCUT2D eigenvalue weighted by atomic mass is 16.5. The number of ether oxygens (including phenoxy) is 1. The fraction of sp³-hybridized carbons (Fsp3) is 0.450. The van der Waals surface area contributed by atoms with Gasteiger partial charge in [0.25, 0.3) is 0 Å². The van der Waals surface area contributed by atoms with E-state index in [2.05, 4.69) is 53.7 Å². The zero-order chi connectivity index (χ0) is 17.7. The lowest BCUT2D eigenvalue weighted by Gasteiger charge is -2.11. The fourth-order valence-corrected chi connectivity index (χ4v) is 2.35. The first-order valence-corrected chi connectivity index (χ1v) is 8.96. The first-order valence-electron chi connectivity index (χ1n) is 8.96. The molecule has 2 N–H and O–H groups in total. The van der Waals surface area contributed by atoms with Crippen LogP contribution in [0.25, 0.3) is 0 Å². The molecule has 0 aliphatic carbocycles. The molecule has 0 radical (unpaired) electrons. The molecule has 0 unspecified atom stereocenters. The van der Waals surface area contributed by atoms with Gasteiger partial charge in [-0.25, -0.2) is 0 Å². The molecule has 1 heterocycles. The number of nitrogens with zero attached hydrogens (tertiary/aromatic N) is 1. The molecule has 0 bridgehead atoms. The van der Waals surface area contributed by atoms with Crippen LogP contribution in [0.3, 0.4) is 0 Å². The van der Waals surface area contributed by atoms with Crippen LogP contribution >= 0.6 is 0 Å². The zero-order valence-electron chi connectivity index (χ0n) is 15.3. The quantitative estimate of drug-likeness (QED) is 0.395. The van der Waals surface area contributed by atoms with Gasteiger partial charge in [-0.2, -0.15) is 0 Å². The van der Waals surface area contributed by atoms with Gasteiger partial charge in [-0.05, 0) is 44.4 Å². The van der Waals surface area contributed by atoms with Gasteiger partial charge in [-0.3, -0.25) is 4.99 Å². The highest BCUT2D eigenvalue weighted by Crippen LogP contribution is 2.03. The monoisotopic (exact) mass is 343 g/mol. The maximum atomic E-state index is 5.56. The van der Waals surface area contributed by atoms with Gasteiger partial charge in [-0.1, -0.05) is 29.8 Å². The van der Waals surface area contributed by atoms with E-state index in [9.17, 15) is 0 Å². The van der Waals surface area contributed by atoms with Gasteiger partial charge in [0.2, 0.25) is 0 Å². The molecule has 25 heavy (non-hydrogen) atoms. The molecule has 0 saturated carbocycles. The van der Waals surface area contributed by atoms with E-state index < -0.39 is 0 Å². The summed E-state index contributed by atoms with van der Waals surface area (Å²) in [6.45, 7) is 7.83. The molecule has 0 atom stereocenters. The molecule has 0 saturated heterocycles.